The number of halogens is 1. The van der Waals surface area contributed by atoms with Crippen molar-refractivity contribution < 1.29 is 0 Å². The highest BCUT2D eigenvalue weighted by Gasteiger charge is 2.02. The fraction of sp³-hybridized carbons (Fsp3) is 0.111. The van der Waals surface area contributed by atoms with E-state index in [0.29, 0.717) is 11.0 Å². The van der Waals surface area contributed by atoms with Crippen LogP contribution in [0.15, 0.2) is 18.2 Å². The predicted octanol–water partition coefficient (Wildman–Crippen LogP) is 1.83. The van der Waals surface area contributed by atoms with Crippen LogP contribution >= 0.6 is 11.6 Å². The number of anilines is 4. The number of rotatable bonds is 3. The molecule has 0 amide bonds. The maximum absolute atomic E-state index is 5.95. The molecule has 6 nitrogen and oxygen atoms in total. The first-order valence-electron chi connectivity index (χ1n) is 4.60. The predicted molar refractivity (Wildman–Crippen MR) is 65.1 cm³/mol. The second-order valence-electron chi connectivity index (χ2n) is 3.15. The molecular formula is C9H11ClN6. The van der Waals surface area contributed by atoms with Gasteiger partial charge >= 0.3 is 0 Å². The molecule has 0 saturated heterocycles. The topological polar surface area (TPSA) is 91.7 Å². The first-order chi connectivity index (χ1) is 7.67. The van der Waals surface area contributed by atoms with E-state index in [1.54, 1.807) is 6.07 Å². The van der Waals surface area contributed by atoms with Crippen molar-refractivity contribution in [2.45, 2.75) is 0 Å². The Morgan fingerprint density at radius 2 is 2.06 bits per heavy atom. The molecule has 0 aliphatic carbocycles. The Kier molecular flexibility index (Phi) is 2.82. The average molecular weight is 239 g/mol. The van der Waals surface area contributed by atoms with Crippen LogP contribution in [0.3, 0.4) is 0 Å². The van der Waals surface area contributed by atoms with Crippen LogP contribution in [0.2, 0.25) is 5.02 Å². The molecule has 0 atom stereocenters. The van der Waals surface area contributed by atoms with Crippen molar-refractivity contribution in [2.75, 3.05) is 23.4 Å². The van der Waals surface area contributed by atoms with Gasteiger partial charge in [-0.25, -0.2) is 5.10 Å². The largest absolute Gasteiger partial charge is 0.388 e. The Labute approximate surface area is 97.2 Å². The van der Waals surface area contributed by atoms with Gasteiger partial charge in [0, 0.05) is 23.4 Å². The van der Waals surface area contributed by atoms with Crippen molar-refractivity contribution in [3.8, 4) is 0 Å². The van der Waals surface area contributed by atoms with Gasteiger partial charge in [0.1, 0.15) is 0 Å². The van der Waals surface area contributed by atoms with Crippen molar-refractivity contribution in [3.63, 3.8) is 0 Å². The number of hydrogen-bond acceptors (Lipinski definition) is 5. The van der Waals surface area contributed by atoms with Gasteiger partial charge in [-0.05, 0) is 18.2 Å². The van der Waals surface area contributed by atoms with E-state index in [9.17, 15) is 0 Å². The number of hydrogen-bond donors (Lipinski definition) is 4. The zero-order valence-electron chi connectivity index (χ0n) is 8.58. The minimum Gasteiger partial charge on any atom is -0.388 e. The summed E-state index contributed by atoms with van der Waals surface area (Å²) in [5.74, 6) is 0.667. The Balaban J connectivity index is 2.24. The molecule has 1 heterocycles. The SMILES string of the molecule is CNc1cc(Cl)cc(Nc2n[nH]c(N)n2)c1. The first-order valence-corrected chi connectivity index (χ1v) is 4.98. The quantitative estimate of drug-likeness (QED) is 0.655. The number of nitrogens with one attached hydrogen (secondary N) is 3. The van der Waals surface area contributed by atoms with E-state index >= 15 is 0 Å². The van der Waals surface area contributed by atoms with Gasteiger partial charge in [-0.3, -0.25) is 0 Å². The normalized spacial score (nSPS) is 10.1. The number of nitrogen functional groups attached to an aromatic ring is 1. The Morgan fingerprint density at radius 1 is 1.31 bits per heavy atom. The van der Waals surface area contributed by atoms with Crippen LogP contribution in [0.5, 0.6) is 0 Å². The zero-order valence-corrected chi connectivity index (χ0v) is 9.34. The minimum atomic E-state index is 0.262. The molecule has 1 aromatic heterocycles. The summed E-state index contributed by atoms with van der Waals surface area (Å²) in [5.41, 5.74) is 7.10. The van der Waals surface area contributed by atoms with Gasteiger partial charge in [-0.15, -0.1) is 5.10 Å². The molecule has 5 N–H and O–H groups in total. The second-order valence-corrected chi connectivity index (χ2v) is 3.58. The van der Waals surface area contributed by atoms with Crippen molar-refractivity contribution >= 4 is 34.9 Å². The van der Waals surface area contributed by atoms with E-state index in [0.717, 1.165) is 11.4 Å². The van der Waals surface area contributed by atoms with Crippen molar-refractivity contribution in [2.24, 2.45) is 0 Å². The molecule has 84 valence electrons. The van der Waals surface area contributed by atoms with Gasteiger partial charge in [0.05, 0.1) is 0 Å². The molecule has 2 rings (SSSR count). The van der Waals surface area contributed by atoms with Crippen molar-refractivity contribution in [3.05, 3.63) is 23.2 Å². The maximum atomic E-state index is 5.95. The molecule has 1 aromatic carbocycles. The fourth-order valence-corrected chi connectivity index (χ4v) is 1.50. The summed E-state index contributed by atoms with van der Waals surface area (Å²) in [4.78, 5) is 3.93. The first kappa shape index (κ1) is 10.6. The lowest BCUT2D eigenvalue weighted by Crippen LogP contribution is -1.95. The molecule has 0 aliphatic rings. The Bertz CT molecular complexity index is 494. The van der Waals surface area contributed by atoms with Gasteiger partial charge in [0.2, 0.25) is 11.9 Å². The Morgan fingerprint density at radius 3 is 2.69 bits per heavy atom. The lowest BCUT2D eigenvalue weighted by molar-refractivity contribution is 1.10. The minimum absolute atomic E-state index is 0.262. The molecule has 0 fully saturated rings. The standard InChI is InChI=1S/C9H11ClN6/c1-12-6-2-5(10)3-7(4-6)13-9-14-8(11)15-16-9/h2-4,12H,1H3,(H4,11,13,14,15,16). The summed E-state index contributed by atoms with van der Waals surface area (Å²) in [6, 6.07) is 5.48. The van der Waals surface area contributed by atoms with Gasteiger partial charge in [0.25, 0.3) is 0 Å². The van der Waals surface area contributed by atoms with E-state index in [4.69, 9.17) is 17.3 Å². The van der Waals surface area contributed by atoms with Gasteiger partial charge in [-0.2, -0.15) is 4.98 Å². The second kappa shape index (κ2) is 4.28. The molecule has 2 aromatic rings. The lowest BCUT2D eigenvalue weighted by Gasteiger charge is -2.06. The fourth-order valence-electron chi connectivity index (χ4n) is 1.27. The number of aromatic nitrogens is 3. The van der Waals surface area contributed by atoms with E-state index in [2.05, 4.69) is 25.8 Å². The number of benzene rings is 1. The van der Waals surface area contributed by atoms with Crippen LogP contribution in [0, 0.1) is 0 Å². The van der Waals surface area contributed by atoms with Crippen LogP contribution in [0.25, 0.3) is 0 Å². The monoisotopic (exact) mass is 238 g/mol. The highest BCUT2D eigenvalue weighted by atomic mass is 35.5. The molecule has 0 radical (unpaired) electrons. The lowest BCUT2D eigenvalue weighted by atomic mass is 10.3. The van der Waals surface area contributed by atoms with Gasteiger partial charge in [0.15, 0.2) is 0 Å². The summed E-state index contributed by atoms with van der Waals surface area (Å²) in [5, 5.41) is 13.0. The van der Waals surface area contributed by atoms with Crippen LogP contribution < -0.4 is 16.4 Å². The van der Waals surface area contributed by atoms with E-state index in [-0.39, 0.29) is 5.95 Å². The van der Waals surface area contributed by atoms with E-state index < -0.39 is 0 Å². The molecule has 16 heavy (non-hydrogen) atoms. The molecule has 0 unspecified atom stereocenters. The number of nitrogens with zero attached hydrogens (tertiary/aromatic N) is 2. The van der Waals surface area contributed by atoms with Crippen LogP contribution in [-0.4, -0.2) is 22.2 Å². The third-order valence-corrected chi connectivity index (χ3v) is 2.16. The molecule has 7 heteroatoms. The van der Waals surface area contributed by atoms with Crippen LogP contribution in [0.4, 0.5) is 23.3 Å². The highest BCUT2D eigenvalue weighted by molar-refractivity contribution is 6.31. The van der Waals surface area contributed by atoms with Crippen molar-refractivity contribution in [1.82, 2.24) is 15.2 Å². The Hall–Kier alpha value is -1.95. The number of nitrogens with two attached hydrogens (primary N) is 1. The van der Waals surface area contributed by atoms with Crippen molar-refractivity contribution in [1.29, 1.82) is 0 Å². The summed E-state index contributed by atoms with van der Waals surface area (Å²) < 4.78 is 0. The summed E-state index contributed by atoms with van der Waals surface area (Å²) in [6.45, 7) is 0. The third-order valence-electron chi connectivity index (χ3n) is 1.95. The highest BCUT2D eigenvalue weighted by Crippen LogP contribution is 2.23. The van der Waals surface area contributed by atoms with Gasteiger partial charge < -0.3 is 16.4 Å². The molecular weight excluding hydrogens is 228 g/mol. The molecule has 0 bridgehead atoms. The average Bonchev–Trinajstić information content (AvgIpc) is 2.63. The molecule has 0 saturated carbocycles. The summed E-state index contributed by atoms with van der Waals surface area (Å²) in [6.07, 6.45) is 0. The third kappa shape index (κ3) is 2.34. The summed E-state index contributed by atoms with van der Waals surface area (Å²) in [7, 11) is 1.82. The molecule has 0 aliphatic heterocycles. The molecule has 0 spiro atoms. The number of aromatic amines is 1. The number of H-pyrrole nitrogens is 1. The van der Waals surface area contributed by atoms with Crippen LogP contribution in [0.1, 0.15) is 0 Å². The summed E-state index contributed by atoms with van der Waals surface area (Å²) >= 11 is 5.95. The van der Waals surface area contributed by atoms with E-state index in [1.165, 1.54) is 0 Å². The van der Waals surface area contributed by atoms with Crippen LogP contribution in [-0.2, 0) is 0 Å². The smallest absolute Gasteiger partial charge is 0.248 e. The zero-order chi connectivity index (χ0) is 11.5. The maximum Gasteiger partial charge on any atom is 0.248 e. The van der Waals surface area contributed by atoms with Gasteiger partial charge in [-0.1, -0.05) is 11.6 Å². The van der Waals surface area contributed by atoms with E-state index in [1.807, 2.05) is 19.2 Å².